The minimum atomic E-state index is -0.560. The maximum absolute atomic E-state index is 11.6. The maximum Gasteiger partial charge on any atom is 0.280 e. The van der Waals surface area contributed by atoms with E-state index in [4.69, 9.17) is 9.47 Å². The number of ketones is 1. The van der Waals surface area contributed by atoms with Crippen LogP contribution in [0.4, 0.5) is 5.69 Å². The van der Waals surface area contributed by atoms with Gasteiger partial charge in [-0.3, -0.25) is 14.9 Å². The Morgan fingerprint density at radius 1 is 1.00 bits per heavy atom. The lowest BCUT2D eigenvalue weighted by atomic mass is 10.00. The molecule has 0 heterocycles. The van der Waals surface area contributed by atoms with Gasteiger partial charge in [0.1, 0.15) is 0 Å². The highest BCUT2D eigenvalue weighted by atomic mass is 16.6. The molecule has 2 aromatic carbocycles. The van der Waals surface area contributed by atoms with E-state index in [1.807, 2.05) is 0 Å². The molecule has 0 fully saturated rings. The summed E-state index contributed by atoms with van der Waals surface area (Å²) in [6, 6.07) is 9.75. The third-order valence-corrected chi connectivity index (χ3v) is 3.29. The zero-order chi connectivity index (χ0) is 16.3. The van der Waals surface area contributed by atoms with E-state index in [1.165, 1.54) is 33.3 Å². The molecule has 0 aliphatic rings. The lowest BCUT2D eigenvalue weighted by Gasteiger charge is -2.10. The van der Waals surface area contributed by atoms with Crippen LogP contribution < -0.4 is 9.47 Å². The summed E-state index contributed by atoms with van der Waals surface area (Å²) < 4.78 is 10.4. The van der Waals surface area contributed by atoms with E-state index < -0.39 is 4.92 Å². The van der Waals surface area contributed by atoms with E-state index in [0.717, 1.165) is 5.56 Å². The summed E-state index contributed by atoms with van der Waals surface area (Å²) in [6.45, 7) is 1.31. The van der Waals surface area contributed by atoms with Gasteiger partial charge in [0.05, 0.1) is 24.7 Å². The Bertz CT molecular complexity index is 739. The molecule has 2 aromatic rings. The molecule has 0 saturated heterocycles. The number of ether oxygens (including phenoxy) is 2. The van der Waals surface area contributed by atoms with Crippen LogP contribution in [0.15, 0.2) is 36.4 Å². The van der Waals surface area contributed by atoms with E-state index in [1.54, 1.807) is 24.3 Å². The first-order chi connectivity index (χ1) is 10.5. The van der Waals surface area contributed by atoms with E-state index >= 15 is 0 Å². The van der Waals surface area contributed by atoms with Crippen molar-refractivity contribution >= 4 is 11.5 Å². The Labute approximate surface area is 127 Å². The minimum Gasteiger partial charge on any atom is -0.493 e. The second kappa shape index (κ2) is 6.26. The van der Waals surface area contributed by atoms with Gasteiger partial charge in [0.2, 0.25) is 0 Å². The molecule has 0 amide bonds. The number of nitro benzene ring substituents is 1. The van der Waals surface area contributed by atoms with Crippen molar-refractivity contribution in [2.45, 2.75) is 6.92 Å². The first kappa shape index (κ1) is 15.5. The van der Waals surface area contributed by atoms with Gasteiger partial charge in [-0.25, -0.2) is 0 Å². The van der Waals surface area contributed by atoms with Crippen molar-refractivity contribution in [3.8, 4) is 22.6 Å². The second-order valence-electron chi connectivity index (χ2n) is 4.61. The first-order valence-corrected chi connectivity index (χ1v) is 6.49. The smallest absolute Gasteiger partial charge is 0.280 e. The molecule has 0 N–H and O–H groups in total. The molecule has 22 heavy (non-hydrogen) atoms. The Hall–Kier alpha value is -2.89. The lowest BCUT2D eigenvalue weighted by Crippen LogP contribution is -2.00. The zero-order valence-corrected chi connectivity index (χ0v) is 12.5. The van der Waals surface area contributed by atoms with Crippen molar-refractivity contribution < 1.29 is 19.2 Å². The molecule has 0 saturated carbocycles. The quantitative estimate of drug-likeness (QED) is 0.480. The second-order valence-corrected chi connectivity index (χ2v) is 4.61. The predicted molar refractivity (Wildman–Crippen MR) is 81.6 cm³/mol. The average molecular weight is 301 g/mol. The van der Waals surface area contributed by atoms with Crippen molar-refractivity contribution in [3.63, 3.8) is 0 Å². The number of nitro groups is 1. The molecule has 0 spiro atoms. The molecule has 0 atom stereocenters. The molecule has 0 unspecified atom stereocenters. The number of carbonyl (C=O) groups excluding carboxylic acids is 1. The number of carbonyl (C=O) groups is 1. The monoisotopic (exact) mass is 301 g/mol. The Kier molecular flexibility index (Phi) is 4.41. The Morgan fingerprint density at radius 2 is 1.59 bits per heavy atom. The van der Waals surface area contributed by atoms with Gasteiger partial charge in [0, 0.05) is 6.07 Å². The van der Waals surface area contributed by atoms with Gasteiger partial charge >= 0.3 is 0 Å². The van der Waals surface area contributed by atoms with Gasteiger partial charge in [-0.05, 0) is 42.3 Å². The van der Waals surface area contributed by atoms with Crippen LogP contribution in [-0.2, 0) is 0 Å². The molecule has 6 nitrogen and oxygen atoms in total. The van der Waals surface area contributed by atoms with Crippen LogP contribution in [0.2, 0.25) is 0 Å². The maximum atomic E-state index is 11.6. The van der Waals surface area contributed by atoms with Crippen LogP contribution in [0.1, 0.15) is 17.3 Å². The number of benzene rings is 2. The van der Waals surface area contributed by atoms with Crippen molar-refractivity contribution in [1.82, 2.24) is 0 Å². The van der Waals surface area contributed by atoms with Gasteiger partial charge in [0.15, 0.2) is 17.3 Å². The highest BCUT2D eigenvalue weighted by Crippen LogP contribution is 2.34. The number of hydrogen-bond acceptors (Lipinski definition) is 5. The number of rotatable bonds is 5. The molecule has 2 rings (SSSR count). The largest absolute Gasteiger partial charge is 0.493 e. The topological polar surface area (TPSA) is 78.7 Å². The minimum absolute atomic E-state index is 0.0808. The molecule has 0 aromatic heterocycles. The van der Waals surface area contributed by atoms with Crippen LogP contribution in [0.5, 0.6) is 11.5 Å². The Balaban J connectivity index is 2.56. The van der Waals surface area contributed by atoms with E-state index in [9.17, 15) is 14.9 Å². The molecular weight excluding hydrogens is 286 g/mol. The number of hydrogen-bond donors (Lipinski definition) is 0. The fourth-order valence-electron chi connectivity index (χ4n) is 2.17. The van der Waals surface area contributed by atoms with Crippen molar-refractivity contribution in [3.05, 3.63) is 52.1 Å². The van der Waals surface area contributed by atoms with Crippen molar-refractivity contribution in [1.29, 1.82) is 0 Å². The highest BCUT2D eigenvalue weighted by molar-refractivity contribution is 5.99. The third kappa shape index (κ3) is 2.90. The predicted octanol–water partition coefficient (Wildman–Crippen LogP) is 3.48. The molecule has 0 aliphatic carbocycles. The fourth-order valence-corrected chi connectivity index (χ4v) is 2.17. The summed E-state index contributed by atoms with van der Waals surface area (Å²) >= 11 is 0. The van der Waals surface area contributed by atoms with Crippen molar-refractivity contribution in [2.75, 3.05) is 14.2 Å². The summed E-state index contributed by atoms with van der Waals surface area (Å²) in [5, 5.41) is 11.0. The normalized spacial score (nSPS) is 10.1. The summed E-state index contributed by atoms with van der Waals surface area (Å²) in [7, 11) is 3.07. The first-order valence-electron chi connectivity index (χ1n) is 6.49. The third-order valence-electron chi connectivity index (χ3n) is 3.29. The van der Waals surface area contributed by atoms with Gasteiger partial charge in [-0.2, -0.15) is 0 Å². The summed E-state index contributed by atoms with van der Waals surface area (Å²) in [6.07, 6.45) is 0. The molecular formula is C16H15NO5. The van der Waals surface area contributed by atoms with Gasteiger partial charge in [-0.1, -0.05) is 6.07 Å². The van der Waals surface area contributed by atoms with Crippen LogP contribution in [0, 0.1) is 10.1 Å². The van der Waals surface area contributed by atoms with E-state index in [2.05, 4.69) is 0 Å². The van der Waals surface area contributed by atoms with Gasteiger partial charge in [0.25, 0.3) is 5.69 Å². The number of Topliss-reactive ketones (excluding diaryl/α,β-unsaturated/α-hetero) is 1. The average Bonchev–Trinajstić information content (AvgIpc) is 2.53. The number of nitrogens with zero attached hydrogens (tertiary/aromatic N) is 1. The van der Waals surface area contributed by atoms with Crippen LogP contribution in [0.3, 0.4) is 0 Å². The van der Waals surface area contributed by atoms with Crippen LogP contribution in [-0.4, -0.2) is 24.9 Å². The zero-order valence-electron chi connectivity index (χ0n) is 12.5. The van der Waals surface area contributed by atoms with E-state index in [-0.39, 0.29) is 17.0 Å². The SMILES string of the molecule is COc1ccc(-c2ccc([N+](=O)[O-])c(C(C)=O)c2)cc1OC. The number of methoxy groups -OCH3 is 2. The Morgan fingerprint density at radius 3 is 2.14 bits per heavy atom. The molecule has 0 aliphatic heterocycles. The van der Waals surface area contributed by atoms with Gasteiger partial charge < -0.3 is 9.47 Å². The summed E-state index contributed by atoms with van der Waals surface area (Å²) in [5.41, 5.74) is 1.35. The lowest BCUT2D eigenvalue weighted by molar-refractivity contribution is -0.385. The standard InChI is InChI=1S/C16H15NO5/c1-10(18)13-8-11(4-6-14(13)17(19)20)12-5-7-15(21-2)16(9-12)22-3/h4-9H,1-3H3. The summed E-state index contributed by atoms with van der Waals surface area (Å²) in [4.78, 5) is 22.0. The van der Waals surface area contributed by atoms with E-state index in [0.29, 0.717) is 17.1 Å². The molecule has 114 valence electrons. The molecule has 6 heteroatoms. The molecule has 0 bridgehead atoms. The highest BCUT2D eigenvalue weighted by Gasteiger charge is 2.18. The molecule has 0 radical (unpaired) electrons. The summed E-state index contributed by atoms with van der Waals surface area (Å²) in [5.74, 6) is 0.775. The van der Waals surface area contributed by atoms with Crippen LogP contribution in [0.25, 0.3) is 11.1 Å². The fraction of sp³-hybridized carbons (Fsp3) is 0.188. The van der Waals surface area contributed by atoms with Crippen molar-refractivity contribution in [2.24, 2.45) is 0 Å². The van der Waals surface area contributed by atoms with Crippen LogP contribution >= 0.6 is 0 Å². The van der Waals surface area contributed by atoms with Gasteiger partial charge in [-0.15, -0.1) is 0 Å².